The van der Waals surface area contributed by atoms with Crippen molar-refractivity contribution < 1.29 is 24.2 Å². The summed E-state index contributed by atoms with van der Waals surface area (Å²) in [5, 5.41) is 9.87. The Morgan fingerprint density at radius 2 is 1.77 bits per heavy atom. The third-order valence-electron chi connectivity index (χ3n) is 3.20. The molecule has 0 heterocycles. The number of hydrogen-bond donors (Lipinski definition) is 2. The molecule has 0 fully saturated rings. The highest BCUT2D eigenvalue weighted by atomic mass is 16.5. The van der Waals surface area contributed by atoms with E-state index in [0.29, 0.717) is 23.8 Å². The number of carbonyl (C=O) groups excluding carboxylic acids is 1. The van der Waals surface area contributed by atoms with Crippen LogP contribution in [-0.4, -0.2) is 37.7 Å². The Hall–Kier alpha value is -2.24. The van der Waals surface area contributed by atoms with Gasteiger partial charge in [0.05, 0.1) is 20.6 Å². The molecule has 6 nitrogen and oxygen atoms in total. The maximum absolute atomic E-state index is 11.9. The number of ether oxygens (including phenoxy) is 2. The molecular formula is C16H25NO5. The van der Waals surface area contributed by atoms with Crippen LogP contribution in [0, 0.1) is 5.92 Å². The molecule has 0 bridgehead atoms. The number of benzene rings is 1. The van der Waals surface area contributed by atoms with E-state index in [-0.39, 0.29) is 18.4 Å². The second kappa shape index (κ2) is 10.5. The average Bonchev–Trinajstić information content (AvgIpc) is 2.47. The summed E-state index contributed by atoms with van der Waals surface area (Å²) in [6.07, 6.45) is 0.345. The number of nitrogens with one attached hydrogen (secondary N) is 1. The van der Waals surface area contributed by atoms with Crippen LogP contribution in [0.1, 0.15) is 26.3 Å². The minimum absolute atomic E-state index is 0.0217. The Kier molecular flexibility index (Phi) is 9.41. The Bertz CT molecular complexity index is 474. The van der Waals surface area contributed by atoms with E-state index in [4.69, 9.17) is 19.4 Å². The summed E-state index contributed by atoms with van der Waals surface area (Å²) in [5.41, 5.74) is 0.908. The first-order valence-electron chi connectivity index (χ1n) is 6.97. The lowest BCUT2D eigenvalue weighted by Crippen LogP contribution is -2.37. The summed E-state index contributed by atoms with van der Waals surface area (Å²) in [4.78, 5) is 20.3. The highest BCUT2D eigenvalue weighted by Gasteiger charge is 2.12. The molecule has 1 aromatic carbocycles. The van der Waals surface area contributed by atoms with Gasteiger partial charge >= 0.3 is 0 Å². The fourth-order valence-electron chi connectivity index (χ4n) is 1.65. The first kappa shape index (κ1) is 19.8. The van der Waals surface area contributed by atoms with Gasteiger partial charge in [-0.15, -0.1) is 0 Å². The number of hydrogen-bond acceptors (Lipinski definition) is 4. The van der Waals surface area contributed by atoms with E-state index in [9.17, 15) is 4.79 Å². The highest BCUT2D eigenvalue weighted by molar-refractivity contribution is 5.79. The van der Waals surface area contributed by atoms with Crippen LogP contribution >= 0.6 is 0 Å². The zero-order chi connectivity index (χ0) is 17.1. The molecule has 0 aromatic heterocycles. The molecule has 1 rings (SSSR count). The van der Waals surface area contributed by atoms with Gasteiger partial charge in [-0.2, -0.15) is 0 Å². The zero-order valence-electron chi connectivity index (χ0n) is 13.8. The quantitative estimate of drug-likeness (QED) is 0.786. The van der Waals surface area contributed by atoms with Crippen LogP contribution in [0.15, 0.2) is 18.2 Å². The van der Waals surface area contributed by atoms with Gasteiger partial charge in [-0.1, -0.05) is 19.9 Å². The molecule has 1 atom stereocenters. The van der Waals surface area contributed by atoms with Gasteiger partial charge in [0.15, 0.2) is 11.5 Å². The van der Waals surface area contributed by atoms with Crippen molar-refractivity contribution in [2.75, 3.05) is 14.2 Å². The summed E-state index contributed by atoms with van der Waals surface area (Å²) in [6.45, 7) is 5.93. The number of carbonyl (C=O) groups is 2. The largest absolute Gasteiger partial charge is 0.493 e. The first-order chi connectivity index (χ1) is 10.4. The van der Waals surface area contributed by atoms with E-state index in [1.807, 2.05) is 25.1 Å². The lowest BCUT2D eigenvalue weighted by molar-refractivity contribution is -0.123. The molecular weight excluding hydrogens is 286 g/mol. The first-order valence-corrected chi connectivity index (χ1v) is 6.97. The lowest BCUT2D eigenvalue weighted by atomic mass is 10.1. The van der Waals surface area contributed by atoms with Crippen LogP contribution in [0.3, 0.4) is 0 Å². The summed E-state index contributed by atoms with van der Waals surface area (Å²) >= 11 is 0. The van der Waals surface area contributed by atoms with Crippen LogP contribution in [0.25, 0.3) is 0 Å². The van der Waals surface area contributed by atoms with E-state index >= 15 is 0 Å². The number of rotatable bonds is 6. The van der Waals surface area contributed by atoms with Crippen LogP contribution in [0.2, 0.25) is 0 Å². The molecule has 0 saturated heterocycles. The van der Waals surface area contributed by atoms with Gasteiger partial charge < -0.3 is 19.9 Å². The van der Waals surface area contributed by atoms with Crippen LogP contribution in [-0.2, 0) is 16.0 Å². The van der Waals surface area contributed by atoms with Gasteiger partial charge in [-0.3, -0.25) is 9.59 Å². The van der Waals surface area contributed by atoms with Gasteiger partial charge in [0.25, 0.3) is 6.47 Å². The standard InChI is InChI=1S/C15H23NO3.CH2O2/c1-10(2)11(3)16-15(17)9-12-6-7-13(18-4)14(8-12)19-5;2-1-3/h6-8,10-11H,9H2,1-5H3,(H,16,17);1H,(H,2,3). The second-order valence-corrected chi connectivity index (χ2v) is 5.07. The fraction of sp³-hybridized carbons (Fsp3) is 0.500. The smallest absolute Gasteiger partial charge is 0.290 e. The molecule has 1 aromatic rings. The molecule has 0 radical (unpaired) electrons. The SMILES string of the molecule is COc1ccc(CC(=O)NC(C)C(C)C)cc1OC.O=CO. The molecule has 22 heavy (non-hydrogen) atoms. The molecule has 0 saturated carbocycles. The molecule has 124 valence electrons. The number of carboxylic acid groups (broad SMARTS) is 1. The molecule has 1 amide bonds. The van der Waals surface area contributed by atoms with Crippen molar-refractivity contribution in [1.82, 2.24) is 5.32 Å². The van der Waals surface area contributed by atoms with Gasteiger partial charge in [-0.05, 0) is 30.5 Å². The maximum atomic E-state index is 11.9. The molecule has 0 aliphatic heterocycles. The highest BCUT2D eigenvalue weighted by Crippen LogP contribution is 2.27. The molecule has 1 unspecified atom stereocenters. The minimum Gasteiger partial charge on any atom is -0.493 e. The summed E-state index contributed by atoms with van der Waals surface area (Å²) < 4.78 is 10.4. The third kappa shape index (κ3) is 6.97. The molecule has 2 N–H and O–H groups in total. The second-order valence-electron chi connectivity index (χ2n) is 5.07. The van der Waals surface area contributed by atoms with Gasteiger partial charge in [0.1, 0.15) is 0 Å². The van der Waals surface area contributed by atoms with Crippen LogP contribution < -0.4 is 14.8 Å². The molecule has 0 aliphatic rings. The Labute approximate surface area is 131 Å². The average molecular weight is 311 g/mol. The van der Waals surface area contributed by atoms with E-state index in [1.165, 1.54) is 0 Å². The van der Waals surface area contributed by atoms with Crippen molar-refractivity contribution in [1.29, 1.82) is 0 Å². The molecule has 0 aliphatic carbocycles. The van der Waals surface area contributed by atoms with E-state index in [1.54, 1.807) is 14.2 Å². The van der Waals surface area contributed by atoms with Gasteiger partial charge in [0.2, 0.25) is 5.91 Å². The topological polar surface area (TPSA) is 84.9 Å². The summed E-state index contributed by atoms with van der Waals surface area (Å²) in [7, 11) is 3.18. The number of amides is 1. The number of methoxy groups -OCH3 is 2. The van der Waals surface area contributed by atoms with Crippen molar-refractivity contribution in [3.8, 4) is 11.5 Å². The lowest BCUT2D eigenvalue weighted by Gasteiger charge is -2.17. The Balaban J connectivity index is 0.00000135. The van der Waals surface area contributed by atoms with E-state index in [2.05, 4.69) is 19.2 Å². The van der Waals surface area contributed by atoms with Crippen molar-refractivity contribution in [2.24, 2.45) is 5.92 Å². The van der Waals surface area contributed by atoms with Gasteiger partial charge in [0, 0.05) is 6.04 Å². The predicted octanol–water partition coefficient (Wildman–Crippen LogP) is 2.11. The van der Waals surface area contributed by atoms with Crippen molar-refractivity contribution in [3.63, 3.8) is 0 Å². The van der Waals surface area contributed by atoms with E-state index < -0.39 is 0 Å². The monoisotopic (exact) mass is 311 g/mol. The minimum atomic E-state index is -0.250. The van der Waals surface area contributed by atoms with Crippen molar-refractivity contribution in [2.45, 2.75) is 33.2 Å². The maximum Gasteiger partial charge on any atom is 0.290 e. The van der Waals surface area contributed by atoms with Crippen LogP contribution in [0.4, 0.5) is 0 Å². The Morgan fingerprint density at radius 3 is 2.23 bits per heavy atom. The predicted molar refractivity (Wildman–Crippen MR) is 84.4 cm³/mol. The summed E-state index contributed by atoms with van der Waals surface area (Å²) in [5.74, 6) is 1.76. The molecule has 0 spiro atoms. The normalized spacial score (nSPS) is 11.0. The van der Waals surface area contributed by atoms with Gasteiger partial charge in [-0.25, -0.2) is 0 Å². The Morgan fingerprint density at radius 1 is 1.23 bits per heavy atom. The molecule has 6 heteroatoms. The third-order valence-corrected chi connectivity index (χ3v) is 3.20. The van der Waals surface area contributed by atoms with Crippen molar-refractivity contribution >= 4 is 12.4 Å². The summed E-state index contributed by atoms with van der Waals surface area (Å²) in [6, 6.07) is 5.69. The van der Waals surface area contributed by atoms with Crippen LogP contribution in [0.5, 0.6) is 11.5 Å². The van der Waals surface area contributed by atoms with E-state index in [0.717, 1.165) is 5.56 Å². The zero-order valence-corrected chi connectivity index (χ0v) is 13.8. The van der Waals surface area contributed by atoms with Crippen molar-refractivity contribution in [3.05, 3.63) is 23.8 Å². The fourth-order valence-corrected chi connectivity index (χ4v) is 1.65.